The van der Waals surface area contributed by atoms with Gasteiger partial charge in [0.05, 0.1) is 18.6 Å². The van der Waals surface area contributed by atoms with Gasteiger partial charge in [-0.15, -0.1) is 24.8 Å². The first-order valence-electron chi connectivity index (χ1n) is 11.4. The van der Waals surface area contributed by atoms with Crippen molar-refractivity contribution in [1.29, 1.82) is 0 Å². The molecule has 5 rings (SSSR count). The first-order valence-corrected chi connectivity index (χ1v) is 11.4. The molecule has 0 aromatic heterocycles. The highest BCUT2D eigenvalue weighted by Gasteiger charge is 2.53. The molecule has 4 aliphatic rings. The van der Waals surface area contributed by atoms with Gasteiger partial charge in [0.1, 0.15) is 6.10 Å². The SMILES string of the molecule is COc1ccc2c3c1OC1C[C@@H](O)C=CC31CCN(C(=O)CCN1CCCCC1)C2.Cl.Cl. The van der Waals surface area contributed by atoms with Gasteiger partial charge in [0, 0.05) is 38.0 Å². The van der Waals surface area contributed by atoms with E-state index < -0.39 is 6.10 Å². The molecule has 0 saturated carbocycles. The maximum atomic E-state index is 13.1. The van der Waals surface area contributed by atoms with Crippen molar-refractivity contribution in [1.82, 2.24) is 9.80 Å². The van der Waals surface area contributed by atoms with Crippen LogP contribution in [-0.4, -0.2) is 66.3 Å². The van der Waals surface area contributed by atoms with E-state index in [9.17, 15) is 9.90 Å². The van der Waals surface area contributed by atoms with Crippen LogP contribution in [0.1, 0.15) is 49.7 Å². The molecular weight excluding hydrogens is 451 g/mol. The van der Waals surface area contributed by atoms with E-state index in [2.05, 4.69) is 17.0 Å². The summed E-state index contributed by atoms with van der Waals surface area (Å²) in [6.07, 6.45) is 9.18. The molecule has 1 aromatic rings. The summed E-state index contributed by atoms with van der Waals surface area (Å²) in [6.45, 7) is 4.41. The van der Waals surface area contributed by atoms with Crippen LogP contribution in [0.2, 0.25) is 0 Å². The lowest BCUT2D eigenvalue weighted by Gasteiger charge is -2.35. The molecule has 1 N–H and O–H groups in total. The lowest BCUT2D eigenvalue weighted by atomic mass is 9.69. The average molecular weight is 485 g/mol. The van der Waals surface area contributed by atoms with Crippen molar-refractivity contribution >= 4 is 30.7 Å². The van der Waals surface area contributed by atoms with Crippen LogP contribution in [0.25, 0.3) is 0 Å². The number of methoxy groups -OCH3 is 1. The minimum atomic E-state index is -0.491. The molecular formula is C24H34Cl2N2O4. The Hall–Kier alpha value is -1.47. The van der Waals surface area contributed by atoms with Crippen LogP contribution in [0.3, 0.4) is 0 Å². The third-order valence-corrected chi connectivity index (χ3v) is 7.40. The third kappa shape index (κ3) is 4.35. The Morgan fingerprint density at radius 1 is 1.22 bits per heavy atom. The Bertz CT molecular complexity index is 859. The first kappa shape index (κ1) is 25.2. The van der Waals surface area contributed by atoms with Gasteiger partial charge in [0.2, 0.25) is 5.91 Å². The second-order valence-electron chi connectivity index (χ2n) is 9.16. The Morgan fingerprint density at radius 2 is 2.00 bits per heavy atom. The Balaban J connectivity index is 0.00000144. The first-order chi connectivity index (χ1) is 14.6. The standard InChI is InChI=1S/C24H32N2O4.2ClH/c1-29-19-6-5-17-16-26(21(28)8-13-25-11-3-2-4-12-25)14-10-24-9-7-18(27)15-20(24)30-23(19)22(17)24;;/h5-7,9,18,20,27H,2-4,8,10-16H2,1H3;2*1H/t18-,20?,24?;;/m0../s1. The molecule has 8 heteroatoms. The fourth-order valence-corrected chi connectivity index (χ4v) is 5.74. The van der Waals surface area contributed by atoms with Gasteiger partial charge in [0.25, 0.3) is 0 Å². The molecule has 1 spiro atoms. The fraction of sp³-hybridized carbons (Fsp3) is 0.625. The summed E-state index contributed by atoms with van der Waals surface area (Å²) < 4.78 is 11.9. The van der Waals surface area contributed by atoms with Gasteiger partial charge in [-0.1, -0.05) is 24.6 Å². The number of likely N-dealkylation sites (tertiary alicyclic amines) is 1. The van der Waals surface area contributed by atoms with E-state index in [1.165, 1.54) is 19.3 Å². The van der Waals surface area contributed by atoms with Gasteiger partial charge in [0.15, 0.2) is 11.5 Å². The Kier molecular flexibility index (Phi) is 8.02. The predicted octanol–water partition coefficient (Wildman–Crippen LogP) is 3.47. The summed E-state index contributed by atoms with van der Waals surface area (Å²) in [4.78, 5) is 17.6. The maximum Gasteiger partial charge on any atom is 0.224 e. The molecule has 1 saturated heterocycles. The summed E-state index contributed by atoms with van der Waals surface area (Å²) in [5.41, 5.74) is 2.00. The van der Waals surface area contributed by atoms with Crippen molar-refractivity contribution in [3.63, 3.8) is 0 Å². The van der Waals surface area contributed by atoms with Gasteiger partial charge in [-0.25, -0.2) is 0 Å². The molecule has 3 atom stereocenters. The van der Waals surface area contributed by atoms with Crippen LogP contribution in [0.4, 0.5) is 0 Å². The van der Waals surface area contributed by atoms with Crippen LogP contribution in [0.5, 0.6) is 11.5 Å². The summed E-state index contributed by atoms with van der Waals surface area (Å²) >= 11 is 0. The third-order valence-electron chi connectivity index (χ3n) is 7.40. The van der Waals surface area contributed by atoms with Crippen LogP contribution < -0.4 is 9.47 Å². The van der Waals surface area contributed by atoms with Crippen molar-refractivity contribution in [3.05, 3.63) is 35.4 Å². The number of halogens is 2. The predicted molar refractivity (Wildman–Crippen MR) is 128 cm³/mol. The molecule has 0 bridgehead atoms. The number of piperidine rings is 1. The molecule has 1 fully saturated rings. The summed E-state index contributed by atoms with van der Waals surface area (Å²) in [5, 5.41) is 10.2. The fourth-order valence-electron chi connectivity index (χ4n) is 5.74. The largest absolute Gasteiger partial charge is 0.493 e. The molecule has 6 nitrogen and oxygen atoms in total. The Labute approximate surface area is 202 Å². The average Bonchev–Trinajstić information content (AvgIpc) is 3.00. The van der Waals surface area contributed by atoms with Crippen molar-refractivity contribution in [2.45, 2.75) is 62.7 Å². The van der Waals surface area contributed by atoms with Crippen LogP contribution >= 0.6 is 24.8 Å². The number of aliphatic hydroxyl groups is 1. The number of rotatable bonds is 4. The van der Waals surface area contributed by atoms with Crippen molar-refractivity contribution in [2.75, 3.05) is 33.3 Å². The molecule has 2 unspecified atom stereocenters. The number of carbonyl (C=O) groups excluding carboxylic acids is 1. The van der Waals surface area contributed by atoms with Crippen molar-refractivity contribution < 1.29 is 19.4 Å². The highest BCUT2D eigenvalue weighted by molar-refractivity contribution is 5.85. The number of amides is 1. The summed E-state index contributed by atoms with van der Waals surface area (Å²) in [7, 11) is 1.66. The van der Waals surface area contributed by atoms with Crippen LogP contribution in [0.15, 0.2) is 24.3 Å². The van der Waals surface area contributed by atoms with Gasteiger partial charge in [-0.3, -0.25) is 4.79 Å². The van der Waals surface area contributed by atoms with Crippen molar-refractivity contribution in [2.24, 2.45) is 0 Å². The molecule has 0 radical (unpaired) electrons. The maximum absolute atomic E-state index is 13.1. The minimum absolute atomic E-state index is 0. The summed E-state index contributed by atoms with van der Waals surface area (Å²) in [6, 6.07) is 4.03. The van der Waals surface area contributed by atoms with E-state index in [4.69, 9.17) is 9.47 Å². The number of hydrogen-bond acceptors (Lipinski definition) is 5. The van der Waals surface area contributed by atoms with E-state index in [1.807, 2.05) is 17.0 Å². The van der Waals surface area contributed by atoms with E-state index in [0.29, 0.717) is 25.9 Å². The highest BCUT2D eigenvalue weighted by Crippen LogP contribution is 2.55. The second-order valence-corrected chi connectivity index (χ2v) is 9.16. The topological polar surface area (TPSA) is 62.2 Å². The van der Waals surface area contributed by atoms with E-state index >= 15 is 0 Å². The second kappa shape index (κ2) is 10.2. The number of ether oxygens (including phenoxy) is 2. The Morgan fingerprint density at radius 3 is 2.75 bits per heavy atom. The monoisotopic (exact) mass is 484 g/mol. The van der Waals surface area contributed by atoms with E-state index in [-0.39, 0.29) is 42.2 Å². The molecule has 3 heterocycles. The summed E-state index contributed by atoms with van der Waals surface area (Å²) in [5.74, 6) is 1.76. The van der Waals surface area contributed by atoms with E-state index in [1.54, 1.807) is 7.11 Å². The van der Waals surface area contributed by atoms with Gasteiger partial charge < -0.3 is 24.4 Å². The molecule has 32 heavy (non-hydrogen) atoms. The number of carbonyl (C=O) groups is 1. The minimum Gasteiger partial charge on any atom is -0.493 e. The number of nitrogens with zero attached hydrogens (tertiary/aromatic N) is 2. The molecule has 3 aliphatic heterocycles. The number of hydrogen-bond donors (Lipinski definition) is 1. The van der Waals surface area contributed by atoms with Crippen molar-refractivity contribution in [3.8, 4) is 11.5 Å². The number of aliphatic hydroxyl groups excluding tert-OH is 1. The van der Waals surface area contributed by atoms with Gasteiger partial charge >= 0.3 is 0 Å². The molecule has 1 aromatic carbocycles. The smallest absolute Gasteiger partial charge is 0.224 e. The lowest BCUT2D eigenvalue weighted by molar-refractivity contribution is -0.132. The normalized spacial score (nSPS) is 28.4. The highest BCUT2D eigenvalue weighted by atomic mass is 35.5. The zero-order valence-corrected chi connectivity index (χ0v) is 20.3. The molecule has 178 valence electrons. The zero-order chi connectivity index (χ0) is 20.7. The molecule has 1 aliphatic carbocycles. The van der Waals surface area contributed by atoms with Gasteiger partial charge in [-0.05, 0) is 44.0 Å². The van der Waals surface area contributed by atoms with Gasteiger partial charge in [-0.2, -0.15) is 0 Å². The van der Waals surface area contributed by atoms with E-state index in [0.717, 1.165) is 48.7 Å². The van der Waals surface area contributed by atoms with Crippen LogP contribution in [0, 0.1) is 0 Å². The quantitative estimate of drug-likeness (QED) is 0.662. The molecule has 1 amide bonds. The lowest BCUT2D eigenvalue weighted by Crippen LogP contribution is -2.43. The van der Waals surface area contributed by atoms with Crippen LogP contribution in [-0.2, 0) is 16.8 Å². The number of benzene rings is 1. The zero-order valence-electron chi connectivity index (χ0n) is 18.6.